The number of hydrogen-bond acceptors (Lipinski definition) is 5. The van der Waals surface area contributed by atoms with Crippen molar-refractivity contribution in [1.82, 2.24) is 5.32 Å². The largest absolute Gasteiger partial charge is 0.454 e. The summed E-state index contributed by atoms with van der Waals surface area (Å²) in [5.41, 5.74) is 0.689. The first-order valence-electron chi connectivity index (χ1n) is 6.29. The van der Waals surface area contributed by atoms with E-state index >= 15 is 0 Å². The molecule has 0 aromatic heterocycles. The van der Waals surface area contributed by atoms with Gasteiger partial charge in [0.25, 0.3) is 0 Å². The molecule has 6 heteroatoms. The molecule has 2 N–H and O–H groups in total. The molecule has 2 atom stereocenters. The summed E-state index contributed by atoms with van der Waals surface area (Å²) in [6.07, 6.45) is -0.136. The zero-order valence-electron chi connectivity index (χ0n) is 10.6. The van der Waals surface area contributed by atoms with E-state index in [9.17, 15) is 4.79 Å². The van der Waals surface area contributed by atoms with Crippen molar-refractivity contribution in [2.75, 3.05) is 25.3 Å². The molecule has 19 heavy (non-hydrogen) atoms. The van der Waals surface area contributed by atoms with E-state index in [0.29, 0.717) is 30.3 Å². The van der Waals surface area contributed by atoms with E-state index in [1.54, 1.807) is 18.2 Å². The predicted molar refractivity (Wildman–Crippen MR) is 68.4 cm³/mol. The number of nitrogens with one attached hydrogen (secondary N) is 2. The Balaban J connectivity index is 1.69. The highest BCUT2D eigenvalue weighted by molar-refractivity contribution is 5.95. The summed E-state index contributed by atoms with van der Waals surface area (Å²) in [5, 5.41) is 6.00. The highest BCUT2D eigenvalue weighted by atomic mass is 16.7. The second kappa shape index (κ2) is 5.07. The normalized spacial score (nSPS) is 25.1. The molecule has 1 aromatic carbocycles. The Labute approximate surface area is 111 Å². The van der Waals surface area contributed by atoms with Crippen molar-refractivity contribution >= 4 is 11.6 Å². The number of morpholine rings is 1. The highest BCUT2D eigenvalue weighted by Crippen LogP contribution is 2.34. The summed E-state index contributed by atoms with van der Waals surface area (Å²) < 4.78 is 16.0. The van der Waals surface area contributed by atoms with E-state index < -0.39 is 0 Å². The van der Waals surface area contributed by atoms with Crippen LogP contribution in [-0.4, -0.2) is 38.0 Å². The predicted octanol–water partition coefficient (Wildman–Crippen LogP) is 0.731. The van der Waals surface area contributed by atoms with Crippen molar-refractivity contribution in [2.24, 2.45) is 0 Å². The van der Waals surface area contributed by atoms with Crippen LogP contribution in [0.15, 0.2) is 18.2 Å². The molecular weight excluding hydrogens is 248 g/mol. The van der Waals surface area contributed by atoms with Gasteiger partial charge in [0.2, 0.25) is 12.7 Å². The third kappa shape index (κ3) is 2.50. The summed E-state index contributed by atoms with van der Waals surface area (Å²) in [6.45, 7) is 3.43. The van der Waals surface area contributed by atoms with Gasteiger partial charge in [-0.2, -0.15) is 0 Å². The molecule has 2 heterocycles. The number of benzene rings is 1. The molecule has 0 radical (unpaired) electrons. The Morgan fingerprint density at radius 1 is 1.37 bits per heavy atom. The number of anilines is 1. The Kier molecular flexibility index (Phi) is 3.27. The Hall–Kier alpha value is -1.79. The Bertz CT molecular complexity index is 492. The third-order valence-corrected chi connectivity index (χ3v) is 3.24. The number of carbonyl (C=O) groups excluding carboxylic acids is 1. The molecule has 0 bridgehead atoms. The lowest BCUT2D eigenvalue weighted by Crippen LogP contribution is -2.53. The fraction of sp³-hybridized carbons (Fsp3) is 0.462. The lowest BCUT2D eigenvalue weighted by Gasteiger charge is -2.29. The Morgan fingerprint density at radius 2 is 2.21 bits per heavy atom. The van der Waals surface area contributed by atoms with Gasteiger partial charge in [0.1, 0.15) is 6.04 Å². The molecule has 102 valence electrons. The number of ether oxygens (including phenoxy) is 3. The molecule has 0 spiro atoms. The zero-order valence-corrected chi connectivity index (χ0v) is 10.6. The van der Waals surface area contributed by atoms with Gasteiger partial charge in [0.05, 0.1) is 12.7 Å². The van der Waals surface area contributed by atoms with Crippen LogP contribution < -0.4 is 20.1 Å². The SMILES string of the molecule is C[C@H]1OCCN[C@@H]1C(=O)Nc1ccc2c(c1)OCO2. The summed E-state index contributed by atoms with van der Waals surface area (Å²) in [6, 6.07) is 5.00. The van der Waals surface area contributed by atoms with Gasteiger partial charge < -0.3 is 24.8 Å². The maximum atomic E-state index is 12.2. The molecule has 2 aliphatic rings. The average molecular weight is 264 g/mol. The molecule has 1 fully saturated rings. The topological polar surface area (TPSA) is 68.8 Å². The van der Waals surface area contributed by atoms with Crippen LogP contribution in [0, 0.1) is 0 Å². The van der Waals surface area contributed by atoms with Gasteiger partial charge in [-0.1, -0.05) is 0 Å². The zero-order chi connectivity index (χ0) is 13.2. The summed E-state index contributed by atoms with van der Waals surface area (Å²) in [4.78, 5) is 12.2. The molecule has 0 aliphatic carbocycles. The van der Waals surface area contributed by atoms with E-state index in [1.165, 1.54) is 0 Å². The number of amides is 1. The van der Waals surface area contributed by atoms with Gasteiger partial charge in [-0.3, -0.25) is 4.79 Å². The molecule has 3 rings (SSSR count). The van der Waals surface area contributed by atoms with Crippen LogP contribution in [-0.2, 0) is 9.53 Å². The van der Waals surface area contributed by atoms with Crippen molar-refractivity contribution < 1.29 is 19.0 Å². The summed E-state index contributed by atoms with van der Waals surface area (Å²) in [7, 11) is 0. The fourth-order valence-electron chi connectivity index (χ4n) is 2.22. The van der Waals surface area contributed by atoms with E-state index in [-0.39, 0.29) is 24.8 Å². The smallest absolute Gasteiger partial charge is 0.244 e. The standard InChI is InChI=1S/C13H16N2O4/c1-8-12(14-4-5-17-8)13(16)15-9-2-3-10-11(6-9)19-7-18-10/h2-3,6,8,12,14H,4-5,7H2,1H3,(H,15,16)/t8-,12+/m1/s1. The molecule has 1 amide bonds. The fourth-order valence-corrected chi connectivity index (χ4v) is 2.22. The first-order valence-corrected chi connectivity index (χ1v) is 6.29. The minimum atomic E-state index is -0.334. The van der Waals surface area contributed by atoms with Gasteiger partial charge in [-0.05, 0) is 19.1 Å². The molecule has 1 aromatic rings. The van der Waals surface area contributed by atoms with Gasteiger partial charge in [-0.15, -0.1) is 0 Å². The van der Waals surface area contributed by atoms with Crippen LogP contribution in [0.3, 0.4) is 0 Å². The monoisotopic (exact) mass is 264 g/mol. The minimum Gasteiger partial charge on any atom is -0.454 e. The third-order valence-electron chi connectivity index (χ3n) is 3.24. The minimum absolute atomic E-state index is 0.105. The van der Waals surface area contributed by atoms with E-state index in [4.69, 9.17) is 14.2 Å². The van der Waals surface area contributed by atoms with Crippen LogP contribution in [0.4, 0.5) is 5.69 Å². The second-order valence-corrected chi connectivity index (χ2v) is 4.56. The average Bonchev–Trinajstić information content (AvgIpc) is 2.86. The summed E-state index contributed by atoms with van der Waals surface area (Å²) in [5.74, 6) is 1.25. The molecule has 2 aliphatic heterocycles. The van der Waals surface area contributed by atoms with Crippen molar-refractivity contribution in [3.63, 3.8) is 0 Å². The Morgan fingerprint density at radius 3 is 3.05 bits per heavy atom. The van der Waals surface area contributed by atoms with Gasteiger partial charge in [0.15, 0.2) is 11.5 Å². The van der Waals surface area contributed by atoms with E-state index in [2.05, 4.69) is 10.6 Å². The number of rotatable bonds is 2. The molecule has 6 nitrogen and oxygen atoms in total. The summed E-state index contributed by atoms with van der Waals surface area (Å²) >= 11 is 0. The van der Waals surface area contributed by atoms with Crippen molar-refractivity contribution in [3.8, 4) is 11.5 Å². The van der Waals surface area contributed by atoms with Gasteiger partial charge in [-0.25, -0.2) is 0 Å². The molecular formula is C13H16N2O4. The lowest BCUT2D eigenvalue weighted by atomic mass is 10.1. The maximum Gasteiger partial charge on any atom is 0.244 e. The quantitative estimate of drug-likeness (QED) is 0.824. The first-order chi connectivity index (χ1) is 9.24. The number of carbonyl (C=O) groups is 1. The van der Waals surface area contributed by atoms with Crippen molar-refractivity contribution in [3.05, 3.63) is 18.2 Å². The molecule has 0 unspecified atom stereocenters. The van der Waals surface area contributed by atoms with Gasteiger partial charge in [0, 0.05) is 18.3 Å². The number of hydrogen-bond donors (Lipinski definition) is 2. The molecule has 0 saturated carbocycles. The van der Waals surface area contributed by atoms with Crippen LogP contribution >= 0.6 is 0 Å². The van der Waals surface area contributed by atoms with Crippen LogP contribution in [0.25, 0.3) is 0 Å². The van der Waals surface area contributed by atoms with E-state index in [0.717, 1.165) is 0 Å². The van der Waals surface area contributed by atoms with Crippen molar-refractivity contribution in [2.45, 2.75) is 19.1 Å². The number of fused-ring (bicyclic) bond motifs is 1. The van der Waals surface area contributed by atoms with Crippen LogP contribution in [0.5, 0.6) is 11.5 Å². The first kappa shape index (κ1) is 12.3. The van der Waals surface area contributed by atoms with Crippen molar-refractivity contribution in [1.29, 1.82) is 0 Å². The maximum absolute atomic E-state index is 12.2. The van der Waals surface area contributed by atoms with Crippen LogP contribution in [0.2, 0.25) is 0 Å². The second-order valence-electron chi connectivity index (χ2n) is 4.56. The van der Waals surface area contributed by atoms with Gasteiger partial charge >= 0.3 is 0 Å². The highest BCUT2D eigenvalue weighted by Gasteiger charge is 2.28. The van der Waals surface area contributed by atoms with E-state index in [1.807, 2.05) is 6.92 Å². The van der Waals surface area contributed by atoms with Crippen LogP contribution in [0.1, 0.15) is 6.92 Å². The lowest BCUT2D eigenvalue weighted by molar-refractivity contribution is -0.123. The molecule has 1 saturated heterocycles.